The summed E-state index contributed by atoms with van der Waals surface area (Å²) in [6.07, 6.45) is 6.27. The van der Waals surface area contributed by atoms with Crippen molar-refractivity contribution in [2.24, 2.45) is 46.8 Å². The average molecular weight is 234 g/mol. The molecule has 0 saturated heterocycles. The minimum Gasteiger partial charge on any atom is -0.0625 e. The first-order valence-electron chi connectivity index (χ1n) is 7.89. The highest BCUT2D eigenvalue weighted by Gasteiger charge is 2.58. The number of fused-ring (bicyclic) bond motifs is 5. The van der Waals surface area contributed by atoms with Gasteiger partial charge in [0.05, 0.1) is 0 Å². The van der Waals surface area contributed by atoms with Crippen molar-refractivity contribution in [2.45, 2.75) is 60.3 Å². The fourth-order valence-electron chi connectivity index (χ4n) is 5.96. The molecule has 3 aliphatic rings. The van der Waals surface area contributed by atoms with Gasteiger partial charge in [0.25, 0.3) is 0 Å². The first-order valence-corrected chi connectivity index (χ1v) is 7.89. The van der Waals surface area contributed by atoms with Gasteiger partial charge in [0.1, 0.15) is 0 Å². The maximum atomic E-state index is 2.48. The van der Waals surface area contributed by atoms with E-state index in [9.17, 15) is 0 Å². The molecule has 3 rings (SSSR count). The van der Waals surface area contributed by atoms with Gasteiger partial charge in [-0.25, -0.2) is 0 Å². The topological polar surface area (TPSA) is 0 Å². The van der Waals surface area contributed by atoms with Crippen LogP contribution in [0.1, 0.15) is 60.3 Å². The lowest BCUT2D eigenvalue weighted by molar-refractivity contribution is 0.102. The lowest BCUT2D eigenvalue weighted by Crippen LogP contribution is -2.32. The molecule has 98 valence electrons. The Labute approximate surface area is 108 Å². The van der Waals surface area contributed by atoms with E-state index < -0.39 is 0 Å². The van der Waals surface area contributed by atoms with Crippen LogP contribution in [0.5, 0.6) is 0 Å². The molecule has 0 heteroatoms. The summed E-state index contributed by atoms with van der Waals surface area (Å²) >= 11 is 0. The summed E-state index contributed by atoms with van der Waals surface area (Å²) in [6.45, 7) is 12.4. The van der Waals surface area contributed by atoms with Crippen LogP contribution in [-0.2, 0) is 0 Å². The molecule has 0 aromatic heterocycles. The highest BCUT2D eigenvalue weighted by Crippen LogP contribution is 2.65. The molecule has 6 unspecified atom stereocenters. The van der Waals surface area contributed by atoms with Crippen LogP contribution < -0.4 is 0 Å². The highest BCUT2D eigenvalue weighted by atomic mass is 14.6. The van der Waals surface area contributed by atoms with Gasteiger partial charge in [0, 0.05) is 0 Å². The molecule has 0 aliphatic heterocycles. The van der Waals surface area contributed by atoms with Gasteiger partial charge in [-0.2, -0.15) is 0 Å². The Bertz CT molecular complexity index is 294. The number of hydrogen-bond donors (Lipinski definition) is 0. The second-order valence-corrected chi connectivity index (χ2v) is 8.60. The summed E-state index contributed by atoms with van der Waals surface area (Å²) in [6, 6.07) is 0. The van der Waals surface area contributed by atoms with E-state index in [1.165, 1.54) is 0 Å². The van der Waals surface area contributed by atoms with Crippen molar-refractivity contribution in [3.8, 4) is 0 Å². The van der Waals surface area contributed by atoms with Gasteiger partial charge < -0.3 is 0 Å². The predicted molar refractivity (Wildman–Crippen MR) is 73.7 cm³/mol. The van der Waals surface area contributed by atoms with Crippen molar-refractivity contribution < 1.29 is 0 Å². The highest BCUT2D eigenvalue weighted by molar-refractivity contribution is 5.07. The minimum absolute atomic E-state index is 0.527. The maximum absolute atomic E-state index is 2.48. The summed E-state index contributed by atoms with van der Waals surface area (Å²) in [7, 11) is 0. The van der Waals surface area contributed by atoms with Gasteiger partial charge in [-0.05, 0) is 72.5 Å². The Balaban J connectivity index is 1.90. The third-order valence-corrected chi connectivity index (χ3v) is 6.48. The quantitative estimate of drug-likeness (QED) is 0.600. The van der Waals surface area contributed by atoms with Crippen LogP contribution in [0.3, 0.4) is 0 Å². The van der Waals surface area contributed by atoms with Crippen molar-refractivity contribution in [3.63, 3.8) is 0 Å². The molecule has 0 N–H and O–H groups in total. The normalized spacial score (nSPS) is 49.1. The smallest absolute Gasteiger partial charge is 0.0321 e. The summed E-state index contributed by atoms with van der Waals surface area (Å²) < 4.78 is 0. The predicted octanol–water partition coefficient (Wildman–Crippen LogP) is 4.99. The van der Waals surface area contributed by atoms with Crippen LogP contribution in [0, 0.1) is 46.8 Å². The molecule has 0 radical (unpaired) electrons. The van der Waals surface area contributed by atoms with E-state index in [1.807, 2.05) is 0 Å². The van der Waals surface area contributed by atoms with Crippen LogP contribution in [0.2, 0.25) is 0 Å². The Morgan fingerprint density at radius 3 is 2.18 bits per heavy atom. The molecule has 17 heavy (non-hydrogen) atoms. The van der Waals surface area contributed by atoms with Crippen molar-refractivity contribution in [1.82, 2.24) is 0 Å². The van der Waals surface area contributed by atoms with Crippen LogP contribution >= 0.6 is 0 Å². The molecule has 0 amide bonds. The van der Waals surface area contributed by atoms with E-state index in [1.54, 1.807) is 25.7 Å². The molecule has 3 saturated carbocycles. The molecule has 0 aromatic rings. The van der Waals surface area contributed by atoms with Gasteiger partial charge in [0.15, 0.2) is 0 Å². The largest absolute Gasteiger partial charge is 0.0625 e. The fourth-order valence-corrected chi connectivity index (χ4v) is 5.96. The van der Waals surface area contributed by atoms with Crippen molar-refractivity contribution in [2.75, 3.05) is 0 Å². The molecular formula is C17H30. The van der Waals surface area contributed by atoms with Gasteiger partial charge in [-0.15, -0.1) is 0 Å². The zero-order valence-electron chi connectivity index (χ0n) is 12.4. The molecule has 2 bridgehead atoms. The van der Waals surface area contributed by atoms with Gasteiger partial charge >= 0.3 is 0 Å². The van der Waals surface area contributed by atoms with Crippen molar-refractivity contribution >= 4 is 0 Å². The van der Waals surface area contributed by atoms with Crippen LogP contribution in [0.25, 0.3) is 0 Å². The van der Waals surface area contributed by atoms with Crippen LogP contribution in [0.15, 0.2) is 0 Å². The second kappa shape index (κ2) is 3.75. The van der Waals surface area contributed by atoms with E-state index in [0.29, 0.717) is 5.41 Å². The van der Waals surface area contributed by atoms with Gasteiger partial charge in [-0.3, -0.25) is 0 Å². The van der Waals surface area contributed by atoms with Crippen molar-refractivity contribution in [3.05, 3.63) is 0 Å². The zero-order chi connectivity index (χ0) is 12.4. The third kappa shape index (κ3) is 1.70. The van der Waals surface area contributed by atoms with E-state index in [-0.39, 0.29) is 0 Å². The molecule has 0 spiro atoms. The van der Waals surface area contributed by atoms with E-state index in [0.717, 1.165) is 41.4 Å². The molecule has 0 nitrogen and oxygen atoms in total. The summed E-state index contributed by atoms with van der Waals surface area (Å²) in [5, 5.41) is 0. The first kappa shape index (κ1) is 12.1. The molecular weight excluding hydrogens is 204 g/mol. The van der Waals surface area contributed by atoms with Crippen LogP contribution in [0.4, 0.5) is 0 Å². The lowest BCUT2D eigenvalue weighted by Gasteiger charge is -2.38. The van der Waals surface area contributed by atoms with Gasteiger partial charge in [0.2, 0.25) is 0 Å². The summed E-state index contributed by atoms with van der Waals surface area (Å²) in [4.78, 5) is 0. The summed E-state index contributed by atoms with van der Waals surface area (Å²) in [5.41, 5.74) is 0.527. The fraction of sp³-hybridized carbons (Fsp3) is 1.00. The third-order valence-electron chi connectivity index (χ3n) is 6.48. The number of hydrogen-bond acceptors (Lipinski definition) is 0. The Kier molecular flexibility index (Phi) is 2.66. The standard InChI is InChI=1S/C17H30/c1-10(2)15-14(17(3,4)5)9-13-11-6-7-12(8-11)16(13)15/h10-16H,6-9H2,1-5H3. The Morgan fingerprint density at radius 2 is 1.59 bits per heavy atom. The van der Waals surface area contributed by atoms with Gasteiger partial charge in [-0.1, -0.05) is 34.6 Å². The monoisotopic (exact) mass is 234 g/mol. The minimum atomic E-state index is 0.527. The van der Waals surface area contributed by atoms with E-state index in [2.05, 4.69) is 34.6 Å². The molecule has 3 aliphatic carbocycles. The molecule has 0 heterocycles. The second-order valence-electron chi connectivity index (χ2n) is 8.60. The SMILES string of the molecule is CC(C)C1C2C3CCC(C3)C2CC1C(C)(C)C. The molecule has 3 fully saturated rings. The average Bonchev–Trinajstić information content (AvgIpc) is 2.86. The number of rotatable bonds is 1. The lowest BCUT2D eigenvalue weighted by atomic mass is 9.67. The Hall–Kier alpha value is 0. The van der Waals surface area contributed by atoms with E-state index in [4.69, 9.17) is 0 Å². The van der Waals surface area contributed by atoms with Crippen molar-refractivity contribution in [1.29, 1.82) is 0 Å². The first-order chi connectivity index (χ1) is 7.89. The van der Waals surface area contributed by atoms with Crippen LogP contribution in [-0.4, -0.2) is 0 Å². The zero-order valence-corrected chi connectivity index (χ0v) is 12.4. The Morgan fingerprint density at radius 1 is 0.941 bits per heavy atom. The summed E-state index contributed by atoms with van der Waals surface area (Å²) in [5.74, 6) is 7.37. The molecule has 0 aromatic carbocycles. The molecule has 6 atom stereocenters. The maximum Gasteiger partial charge on any atom is -0.0321 e. The van der Waals surface area contributed by atoms with E-state index >= 15 is 0 Å².